The molecule has 0 amide bonds. The van der Waals surface area contributed by atoms with Crippen LogP contribution < -0.4 is 56.8 Å². The molecule has 0 spiro atoms. The van der Waals surface area contributed by atoms with Crippen LogP contribution in [0.15, 0.2) is 243 Å². The van der Waals surface area contributed by atoms with Crippen molar-refractivity contribution in [3.05, 3.63) is 321 Å². The Kier molecular flexibility index (Phi) is 18.2. The van der Waals surface area contributed by atoms with Crippen molar-refractivity contribution >= 4 is 41.9 Å². The summed E-state index contributed by atoms with van der Waals surface area (Å²) in [4.78, 5) is 0. The summed E-state index contributed by atoms with van der Waals surface area (Å²) in [7, 11) is 16.6. The molecule has 0 fully saturated rings. The van der Waals surface area contributed by atoms with Crippen LogP contribution in [0.2, 0.25) is 0 Å². The maximum atomic E-state index is 5.96. The van der Waals surface area contributed by atoms with Gasteiger partial charge >= 0.3 is 0 Å². The van der Waals surface area contributed by atoms with Crippen molar-refractivity contribution in [3.63, 3.8) is 0 Å². The van der Waals surface area contributed by atoms with Crippen molar-refractivity contribution in [2.24, 2.45) is 0 Å². The first kappa shape index (κ1) is 70.8. The summed E-state index contributed by atoms with van der Waals surface area (Å²) in [6.07, 6.45) is 15.8. The molecule has 114 heavy (non-hydrogen) atoms. The van der Waals surface area contributed by atoms with Gasteiger partial charge in [-0.3, -0.25) is 0 Å². The predicted octanol–water partition coefficient (Wildman–Crippen LogP) is 19.7. The number of nitrogens with zero attached hydrogens (tertiary/aromatic N) is 3. The molecule has 564 valence electrons. The minimum atomic E-state index is 0.0754. The fraction of sp³-hybridized carbons (Fsp3) is 0.182. The van der Waals surface area contributed by atoms with Gasteiger partial charge in [-0.25, -0.2) is 13.7 Å². The Morgan fingerprint density at radius 3 is 1.23 bits per heavy atom. The molecule has 12 aromatic rings. The first-order valence-electron chi connectivity index (χ1n) is 38.4. The maximum Gasteiger partial charge on any atom is 0.231 e. The third-order valence-corrected chi connectivity index (χ3v) is 23.7. The van der Waals surface area contributed by atoms with E-state index >= 15 is 0 Å². The number of ether oxygens (including phenoxy) is 12. The zero-order chi connectivity index (χ0) is 77.4. The quantitative estimate of drug-likeness (QED) is 0.108. The Bertz CT molecular complexity index is 6030. The molecule has 0 radical (unpaired) electrons. The summed E-state index contributed by atoms with van der Waals surface area (Å²) in [5.41, 5.74) is 28.1. The van der Waals surface area contributed by atoms with E-state index in [2.05, 4.69) is 272 Å². The second kappa shape index (κ2) is 29.3. The molecule has 6 atom stereocenters. The third-order valence-electron chi connectivity index (χ3n) is 23.7. The molecule has 9 aliphatic rings. The average Bonchev–Trinajstić information content (AvgIpc) is 1.23. The van der Waals surface area contributed by atoms with E-state index in [9.17, 15) is 0 Å². The van der Waals surface area contributed by atoms with Crippen LogP contribution in [0.25, 0.3) is 67.8 Å². The maximum absolute atomic E-state index is 5.96. The summed E-state index contributed by atoms with van der Waals surface area (Å²) in [5.74, 6) is 9.64. The van der Waals surface area contributed by atoms with E-state index in [-0.39, 0.29) is 56.3 Å². The highest BCUT2D eigenvalue weighted by molar-refractivity contribution is 5.97. The fourth-order valence-electron chi connectivity index (χ4n) is 18.4. The Labute approximate surface area is 662 Å². The Morgan fingerprint density at radius 1 is 0.325 bits per heavy atom. The monoisotopic (exact) mass is 1510 g/mol. The van der Waals surface area contributed by atoms with Gasteiger partial charge in [-0.2, -0.15) is 0 Å². The summed E-state index contributed by atoms with van der Waals surface area (Å²) in [6.45, 7) is 0.770. The highest BCUT2D eigenvalue weighted by Crippen LogP contribution is 2.58. The van der Waals surface area contributed by atoms with Crippen molar-refractivity contribution in [1.82, 2.24) is 0 Å². The fourth-order valence-corrected chi connectivity index (χ4v) is 18.4. The van der Waals surface area contributed by atoms with Crippen LogP contribution in [0, 0.1) is 0 Å². The van der Waals surface area contributed by atoms with Crippen LogP contribution in [0.5, 0.6) is 69.0 Å². The highest BCUT2D eigenvalue weighted by Gasteiger charge is 2.48. The molecule has 3 aliphatic carbocycles. The SMILES string of the molecule is COc1cc2c(c(-c3ccc(-c4ccccc4)cc3)c1OC)C=CC1c3ccc4c(c3C=[N+](C)C21)OCO4.COc1cc2c(cc1OC)C1C(C(c3ccc(-c4ccccc4)cc3)=C2)c2ccc3c(c2C=[N+]1C)OCO3.COc1cc2c(cc1OC)C1C(C=C2c2ccc(-c3ccccc3)cc2)c2ccc3c(c2C=[N+]1C)OCO3. The number of methoxy groups -OCH3 is 6. The molecule has 6 aliphatic heterocycles. The number of hydrogen-bond acceptors (Lipinski definition) is 12. The van der Waals surface area contributed by atoms with Gasteiger partial charge in [0.15, 0.2) is 106 Å². The molecule has 6 unspecified atom stereocenters. The second-order valence-electron chi connectivity index (χ2n) is 29.6. The van der Waals surface area contributed by atoms with Crippen molar-refractivity contribution in [2.75, 3.05) is 84.2 Å². The topological polar surface area (TPSA) is 120 Å². The molecule has 15 nitrogen and oxygen atoms in total. The number of benzene rings is 12. The summed E-state index contributed by atoms with van der Waals surface area (Å²) < 4.78 is 76.2. The first-order valence-corrected chi connectivity index (χ1v) is 38.4. The number of hydrogen-bond donors (Lipinski definition) is 0. The molecule has 0 bridgehead atoms. The van der Waals surface area contributed by atoms with E-state index in [0.717, 1.165) is 119 Å². The highest BCUT2D eigenvalue weighted by atomic mass is 16.7. The van der Waals surface area contributed by atoms with Crippen LogP contribution in [0.3, 0.4) is 0 Å². The Balaban J connectivity index is 0.000000115. The smallest absolute Gasteiger partial charge is 0.231 e. The minimum absolute atomic E-state index is 0.0754. The lowest BCUT2D eigenvalue weighted by molar-refractivity contribution is -0.544. The van der Waals surface area contributed by atoms with Gasteiger partial charge in [0.05, 0.1) is 77.1 Å². The van der Waals surface area contributed by atoms with E-state index in [1.165, 1.54) is 83.5 Å². The molecular weight excluding hydrogens is 1420 g/mol. The summed E-state index contributed by atoms with van der Waals surface area (Å²) >= 11 is 0. The molecule has 0 N–H and O–H groups in total. The van der Waals surface area contributed by atoms with Crippen LogP contribution in [0.1, 0.15) is 114 Å². The second-order valence-corrected chi connectivity index (χ2v) is 29.6. The minimum Gasteiger partial charge on any atom is -0.493 e. The average molecular weight is 1510 g/mol. The lowest BCUT2D eigenvalue weighted by atomic mass is 9.70. The molecule has 0 saturated heterocycles. The van der Waals surface area contributed by atoms with Crippen LogP contribution in [0.4, 0.5) is 0 Å². The van der Waals surface area contributed by atoms with E-state index in [1.807, 2.05) is 36.4 Å². The van der Waals surface area contributed by atoms with E-state index in [4.69, 9.17) is 56.8 Å². The van der Waals surface area contributed by atoms with Crippen LogP contribution >= 0.6 is 0 Å². The van der Waals surface area contributed by atoms with Crippen molar-refractivity contribution in [2.45, 2.75) is 35.9 Å². The van der Waals surface area contributed by atoms with Crippen molar-refractivity contribution in [1.29, 1.82) is 0 Å². The predicted molar refractivity (Wildman–Crippen MR) is 445 cm³/mol. The molecule has 12 aromatic carbocycles. The van der Waals surface area contributed by atoms with Gasteiger partial charge in [-0.05, 0) is 149 Å². The van der Waals surface area contributed by atoms with Crippen molar-refractivity contribution < 1.29 is 70.6 Å². The number of likely N-dealkylation sites (N-methyl/N-ethyl adjacent to an activating group) is 3. The van der Waals surface area contributed by atoms with Gasteiger partial charge in [0, 0.05) is 22.3 Å². The van der Waals surface area contributed by atoms with E-state index in [1.54, 1.807) is 42.7 Å². The molecule has 0 saturated carbocycles. The molecule has 21 rings (SSSR count). The van der Waals surface area contributed by atoms with Gasteiger partial charge in [0.2, 0.25) is 20.4 Å². The summed E-state index contributed by atoms with van der Waals surface area (Å²) in [6, 6.07) is 81.3. The van der Waals surface area contributed by atoms with Gasteiger partial charge in [0.25, 0.3) is 0 Å². The number of fused-ring (bicyclic) bond motifs is 21. The molecular formula is C99H84N3O12+3. The van der Waals surface area contributed by atoms with Gasteiger partial charge in [0.1, 0.15) is 21.1 Å². The Morgan fingerprint density at radius 2 is 0.728 bits per heavy atom. The lowest BCUT2D eigenvalue weighted by Crippen LogP contribution is -2.32. The Hall–Kier alpha value is -13.5. The molecule has 6 heterocycles. The van der Waals surface area contributed by atoms with Gasteiger partial charge in [-0.1, -0.05) is 200 Å². The first-order chi connectivity index (χ1) is 56.0. The largest absolute Gasteiger partial charge is 0.493 e. The zero-order valence-electron chi connectivity index (χ0n) is 64.8. The number of rotatable bonds is 12. The molecule has 15 heteroatoms. The standard InChI is InChI=1S/3C33H28NO4/c1-34-18-27-24(13-14-28-33(27)38-19-37-28)31-25(22-11-9-21(10-12-22)20-7-5-4-6-8-20)15-23-16-29(35-2)30(36-3)17-26(23)32(31)34;1-34-18-28-23(13-14-29-33(28)38-19-37-29)26-15-24(22-11-9-21(10-12-22)20-7-5-4-6-8-20)25-16-30(35-2)31(36-3)17-27(25)32(26)34;1-34-18-27-23(15-16-28-32(27)38-19-37-28)25-14-13-24-26(31(25)34)17-29(35-2)33(36-3)30(24)22-11-9-21(10-12-22)20-7-5-4-6-8-20/h4-18,31-32H,19H2,1-3H3;4-18,26,32H,19H2,1-3H3;4-18,25,31H,19H2,1-3H3/q3*+1. The van der Waals surface area contributed by atoms with Crippen LogP contribution in [-0.2, 0) is 0 Å². The van der Waals surface area contributed by atoms with Gasteiger partial charge in [-0.15, -0.1) is 0 Å². The van der Waals surface area contributed by atoms with E-state index in [0.29, 0.717) is 0 Å². The third kappa shape index (κ3) is 12.1. The van der Waals surface area contributed by atoms with Gasteiger partial charge < -0.3 is 56.8 Å². The summed E-state index contributed by atoms with van der Waals surface area (Å²) in [5, 5.41) is 0. The zero-order valence-corrected chi connectivity index (χ0v) is 64.8. The van der Waals surface area contributed by atoms with Crippen molar-refractivity contribution in [3.8, 4) is 114 Å². The van der Waals surface area contributed by atoms with Crippen LogP contribution in [-0.4, -0.2) is 117 Å². The lowest BCUT2D eigenvalue weighted by Gasteiger charge is -2.35. The molecule has 0 aromatic heterocycles. The normalized spacial score (nSPS) is 18.4. The van der Waals surface area contributed by atoms with E-state index < -0.39 is 0 Å².